The fraction of sp³-hybridized carbons (Fsp3) is 0.125. The maximum Gasteiger partial charge on any atom is 0.153 e. The topological polar surface area (TPSA) is 57.2 Å². The first-order valence-corrected chi connectivity index (χ1v) is 12.2. The van der Waals surface area contributed by atoms with Gasteiger partial charge in [-0.05, 0) is 61.5 Å². The van der Waals surface area contributed by atoms with Crippen molar-refractivity contribution in [2.45, 2.75) is 17.6 Å². The minimum absolute atomic E-state index is 0.0720. The van der Waals surface area contributed by atoms with E-state index in [2.05, 4.69) is 37.3 Å². The van der Waals surface area contributed by atoms with E-state index in [0.717, 1.165) is 43.1 Å². The molecule has 0 heterocycles. The van der Waals surface area contributed by atoms with Crippen molar-refractivity contribution in [3.8, 4) is 0 Å². The van der Waals surface area contributed by atoms with E-state index in [9.17, 15) is 13.0 Å². The quantitative estimate of drug-likeness (QED) is 0.371. The van der Waals surface area contributed by atoms with Crippen LogP contribution >= 0.6 is 0 Å². The van der Waals surface area contributed by atoms with Gasteiger partial charge in [0.1, 0.15) is 17.0 Å². The van der Waals surface area contributed by atoms with Crippen molar-refractivity contribution >= 4 is 43.4 Å². The number of hydrogen-bond acceptors (Lipinski definition) is 3. The number of benzene rings is 4. The van der Waals surface area contributed by atoms with Gasteiger partial charge in [0.15, 0.2) is 4.90 Å². The second-order valence-corrected chi connectivity index (χ2v) is 9.55. The molecule has 0 spiro atoms. The van der Waals surface area contributed by atoms with Crippen LogP contribution in [0, 0.1) is 5.92 Å². The molecular weight excluding hydrogens is 400 g/mol. The highest BCUT2D eigenvalue weighted by molar-refractivity contribution is 7.90. The standard InChI is InChI=1S/C24H21O3S2/c1-16(19-6-8-23-14-24(28(2)25)10-9-22(23)13-19)18-5-7-20-11-17(15-29(26)27)3-4-21(20)12-18/h3-14,29H,15H2,1-2H3. The lowest BCUT2D eigenvalue weighted by molar-refractivity contribution is 0.601. The van der Waals surface area contributed by atoms with Crippen molar-refractivity contribution in [1.82, 2.24) is 0 Å². The summed E-state index contributed by atoms with van der Waals surface area (Å²) in [6, 6.07) is 24.3. The smallest absolute Gasteiger partial charge is 0.153 e. The Balaban J connectivity index is 1.66. The van der Waals surface area contributed by atoms with Crippen molar-refractivity contribution in [2.24, 2.45) is 0 Å². The fourth-order valence-electron chi connectivity index (χ4n) is 3.58. The molecule has 29 heavy (non-hydrogen) atoms. The minimum atomic E-state index is -2.42. The maximum atomic E-state index is 11.7. The molecule has 4 rings (SSSR count). The van der Waals surface area contributed by atoms with Crippen LogP contribution in [-0.4, -0.2) is 19.2 Å². The normalized spacial score (nSPS) is 12.9. The molecule has 3 nitrogen and oxygen atoms in total. The van der Waals surface area contributed by atoms with E-state index in [0.29, 0.717) is 0 Å². The van der Waals surface area contributed by atoms with E-state index in [1.807, 2.05) is 42.5 Å². The van der Waals surface area contributed by atoms with Gasteiger partial charge in [0.25, 0.3) is 0 Å². The molecule has 0 aliphatic heterocycles. The van der Waals surface area contributed by atoms with Crippen LogP contribution in [0.15, 0.2) is 77.7 Å². The molecule has 4 aromatic rings. The number of rotatable bonds is 5. The van der Waals surface area contributed by atoms with Crippen LogP contribution in [0.25, 0.3) is 21.5 Å². The summed E-state index contributed by atoms with van der Waals surface area (Å²) in [5, 5.41) is 4.32. The van der Waals surface area contributed by atoms with Gasteiger partial charge in [0, 0.05) is 12.0 Å². The number of fused-ring (bicyclic) bond motifs is 2. The largest absolute Gasteiger partial charge is 0.612 e. The van der Waals surface area contributed by atoms with Crippen LogP contribution in [-0.2, 0) is 27.6 Å². The monoisotopic (exact) mass is 421 g/mol. The maximum absolute atomic E-state index is 11.7. The molecule has 0 aliphatic rings. The molecule has 1 atom stereocenters. The van der Waals surface area contributed by atoms with Gasteiger partial charge >= 0.3 is 0 Å². The van der Waals surface area contributed by atoms with Crippen LogP contribution in [0.3, 0.4) is 0 Å². The summed E-state index contributed by atoms with van der Waals surface area (Å²) in [7, 11) is -2.42. The highest BCUT2D eigenvalue weighted by Crippen LogP contribution is 2.30. The van der Waals surface area contributed by atoms with E-state index in [-0.39, 0.29) is 5.75 Å². The lowest BCUT2D eigenvalue weighted by Gasteiger charge is -2.14. The van der Waals surface area contributed by atoms with Gasteiger partial charge in [0.05, 0.1) is 5.75 Å². The summed E-state index contributed by atoms with van der Waals surface area (Å²) in [5.74, 6) is 1.24. The Morgan fingerprint density at radius 1 is 0.793 bits per heavy atom. The zero-order valence-electron chi connectivity index (χ0n) is 16.2. The third-order valence-electron chi connectivity index (χ3n) is 5.23. The Morgan fingerprint density at radius 3 is 1.90 bits per heavy atom. The van der Waals surface area contributed by atoms with Crippen molar-refractivity contribution in [3.05, 3.63) is 95.4 Å². The molecule has 0 bridgehead atoms. The van der Waals surface area contributed by atoms with E-state index in [1.54, 1.807) is 6.26 Å². The Hall–Kier alpha value is -2.34. The summed E-state index contributed by atoms with van der Waals surface area (Å²) in [6.45, 7) is 2.11. The number of thiol groups is 1. The summed E-state index contributed by atoms with van der Waals surface area (Å²) < 4.78 is 33.6. The summed E-state index contributed by atoms with van der Waals surface area (Å²) in [5.41, 5.74) is 3.08. The zero-order valence-corrected chi connectivity index (χ0v) is 17.9. The molecule has 0 amide bonds. The predicted molar refractivity (Wildman–Crippen MR) is 121 cm³/mol. The van der Waals surface area contributed by atoms with Crippen LogP contribution in [0.5, 0.6) is 0 Å². The van der Waals surface area contributed by atoms with Crippen LogP contribution in [0.2, 0.25) is 0 Å². The Kier molecular flexibility index (Phi) is 5.63. The molecule has 0 saturated heterocycles. The second kappa shape index (κ2) is 8.19. The molecule has 4 aromatic carbocycles. The van der Waals surface area contributed by atoms with Gasteiger partial charge in [-0.15, -0.1) is 0 Å². The fourth-order valence-corrected chi connectivity index (χ4v) is 4.63. The summed E-state index contributed by atoms with van der Waals surface area (Å²) in [4.78, 5) is 0.835. The van der Waals surface area contributed by atoms with Crippen molar-refractivity contribution < 1.29 is 13.0 Å². The third-order valence-corrected chi connectivity index (χ3v) is 6.77. The third kappa shape index (κ3) is 4.32. The SMILES string of the molecule is C[C](c1ccc2cc(C[SH](=O)=O)ccc2c1)c1ccc2cc([S+](C)[O-])ccc2c1. The molecule has 0 N–H and O–H groups in total. The summed E-state index contributed by atoms with van der Waals surface area (Å²) >= 11 is -0.986. The van der Waals surface area contributed by atoms with E-state index in [1.165, 1.54) is 5.92 Å². The first-order chi connectivity index (χ1) is 13.9. The first-order valence-electron chi connectivity index (χ1n) is 9.27. The molecule has 0 fully saturated rings. The van der Waals surface area contributed by atoms with Crippen LogP contribution < -0.4 is 0 Å². The molecule has 0 aromatic heterocycles. The van der Waals surface area contributed by atoms with Gasteiger partial charge in [-0.1, -0.05) is 61.5 Å². The molecule has 0 aliphatic carbocycles. The highest BCUT2D eigenvalue weighted by Gasteiger charge is 2.12. The highest BCUT2D eigenvalue weighted by atomic mass is 32.2. The average molecular weight is 422 g/mol. The Labute approximate surface area is 175 Å². The van der Waals surface area contributed by atoms with Crippen LogP contribution in [0.1, 0.15) is 23.6 Å². The van der Waals surface area contributed by atoms with E-state index >= 15 is 0 Å². The van der Waals surface area contributed by atoms with Gasteiger partial charge < -0.3 is 4.55 Å². The second-order valence-electron chi connectivity index (χ2n) is 7.19. The van der Waals surface area contributed by atoms with Crippen molar-refractivity contribution in [3.63, 3.8) is 0 Å². The number of hydrogen-bond donors (Lipinski definition) is 1. The van der Waals surface area contributed by atoms with Gasteiger partial charge in [-0.3, -0.25) is 0 Å². The van der Waals surface area contributed by atoms with Gasteiger partial charge in [-0.25, -0.2) is 8.42 Å². The molecule has 147 valence electrons. The molecule has 0 saturated carbocycles. The predicted octanol–water partition coefficient (Wildman–Crippen LogP) is 4.83. The molecule has 1 unspecified atom stereocenters. The van der Waals surface area contributed by atoms with Gasteiger partial charge in [-0.2, -0.15) is 0 Å². The Bertz CT molecular complexity index is 1270. The average Bonchev–Trinajstić information content (AvgIpc) is 2.71. The Morgan fingerprint density at radius 2 is 1.31 bits per heavy atom. The van der Waals surface area contributed by atoms with Crippen molar-refractivity contribution in [2.75, 3.05) is 6.26 Å². The van der Waals surface area contributed by atoms with Crippen molar-refractivity contribution in [1.29, 1.82) is 0 Å². The van der Waals surface area contributed by atoms with E-state index in [4.69, 9.17) is 0 Å². The van der Waals surface area contributed by atoms with E-state index < -0.39 is 21.9 Å². The minimum Gasteiger partial charge on any atom is -0.612 e. The lowest BCUT2D eigenvalue weighted by atomic mass is 9.90. The molecular formula is C24H21O3S2. The van der Waals surface area contributed by atoms with Gasteiger partial charge in [0.2, 0.25) is 0 Å². The van der Waals surface area contributed by atoms with Crippen LogP contribution in [0.4, 0.5) is 0 Å². The first kappa shape index (κ1) is 20.0. The zero-order chi connectivity index (χ0) is 20.5. The lowest BCUT2D eigenvalue weighted by Crippen LogP contribution is -1.99. The molecule has 1 radical (unpaired) electrons. The molecule has 5 heteroatoms. The summed E-state index contributed by atoms with van der Waals surface area (Å²) in [6.07, 6.45) is 1.69.